The first-order chi connectivity index (χ1) is 9.16. The molecule has 1 aliphatic heterocycles. The summed E-state index contributed by atoms with van der Waals surface area (Å²) >= 11 is 0. The normalized spacial score (nSPS) is 19.1. The van der Waals surface area contributed by atoms with E-state index in [0.717, 1.165) is 31.1 Å². The number of piperidine rings is 1. The molecule has 1 atom stereocenters. The Morgan fingerprint density at radius 3 is 2.58 bits per heavy atom. The van der Waals surface area contributed by atoms with Crippen LogP contribution >= 0.6 is 0 Å². The number of likely N-dealkylation sites (tertiary alicyclic amines) is 1. The molecule has 19 heavy (non-hydrogen) atoms. The Hall–Kier alpha value is -1.35. The molecule has 1 heterocycles. The fourth-order valence-corrected chi connectivity index (χ4v) is 2.53. The van der Waals surface area contributed by atoms with Gasteiger partial charge in [-0.3, -0.25) is 9.69 Å². The molecule has 2 rings (SSSR count). The van der Waals surface area contributed by atoms with Gasteiger partial charge in [0.05, 0.1) is 0 Å². The first kappa shape index (κ1) is 14.1. The summed E-state index contributed by atoms with van der Waals surface area (Å²) in [5.41, 5.74) is 0.738. The molecule has 1 N–H and O–H groups in total. The number of carbonyl (C=O) groups is 1. The summed E-state index contributed by atoms with van der Waals surface area (Å²) < 4.78 is 0. The summed E-state index contributed by atoms with van der Waals surface area (Å²) in [4.78, 5) is 14.4. The first-order valence-electron chi connectivity index (χ1n) is 7.24. The molecule has 1 aromatic carbocycles. The van der Waals surface area contributed by atoms with E-state index in [1.165, 1.54) is 12.8 Å². The van der Waals surface area contributed by atoms with E-state index in [2.05, 4.69) is 24.1 Å². The molecule has 0 radical (unpaired) electrons. The van der Waals surface area contributed by atoms with Crippen molar-refractivity contribution in [2.45, 2.75) is 32.7 Å². The van der Waals surface area contributed by atoms with Gasteiger partial charge in [0, 0.05) is 18.2 Å². The van der Waals surface area contributed by atoms with Gasteiger partial charge in [0.1, 0.15) is 0 Å². The topological polar surface area (TPSA) is 32.3 Å². The van der Waals surface area contributed by atoms with E-state index in [0.29, 0.717) is 6.04 Å². The SMILES string of the molecule is CC1CCN(C(C)CNC(=O)c2ccccc2)CC1. The maximum Gasteiger partial charge on any atom is 0.251 e. The lowest BCUT2D eigenvalue weighted by molar-refractivity contribution is 0.0921. The molecular formula is C16H24N2O. The van der Waals surface area contributed by atoms with E-state index in [1.807, 2.05) is 30.3 Å². The van der Waals surface area contributed by atoms with E-state index in [9.17, 15) is 4.79 Å². The number of nitrogens with one attached hydrogen (secondary N) is 1. The highest BCUT2D eigenvalue weighted by Gasteiger charge is 2.20. The number of hydrogen-bond donors (Lipinski definition) is 1. The van der Waals surface area contributed by atoms with Gasteiger partial charge >= 0.3 is 0 Å². The van der Waals surface area contributed by atoms with Crippen LogP contribution in [0, 0.1) is 5.92 Å². The van der Waals surface area contributed by atoms with Crippen LogP contribution in [0.3, 0.4) is 0 Å². The summed E-state index contributed by atoms with van der Waals surface area (Å²) in [6.07, 6.45) is 2.55. The van der Waals surface area contributed by atoms with Gasteiger partial charge in [-0.15, -0.1) is 0 Å². The van der Waals surface area contributed by atoms with E-state index < -0.39 is 0 Å². The molecule has 3 heteroatoms. The van der Waals surface area contributed by atoms with Crippen molar-refractivity contribution in [2.24, 2.45) is 5.92 Å². The van der Waals surface area contributed by atoms with Crippen LogP contribution in [-0.2, 0) is 0 Å². The Morgan fingerprint density at radius 1 is 1.32 bits per heavy atom. The molecule has 1 saturated heterocycles. The second-order valence-corrected chi connectivity index (χ2v) is 5.64. The molecule has 3 nitrogen and oxygen atoms in total. The minimum Gasteiger partial charge on any atom is -0.350 e. The standard InChI is InChI=1S/C16H24N2O/c1-13-8-10-18(11-9-13)14(2)12-17-16(19)15-6-4-3-5-7-15/h3-7,13-14H,8-12H2,1-2H3,(H,17,19). The number of amides is 1. The molecule has 0 aliphatic carbocycles. The van der Waals surface area contributed by atoms with Gasteiger partial charge in [0.15, 0.2) is 0 Å². The number of hydrogen-bond acceptors (Lipinski definition) is 2. The zero-order chi connectivity index (χ0) is 13.7. The zero-order valence-electron chi connectivity index (χ0n) is 11.9. The summed E-state index contributed by atoms with van der Waals surface area (Å²) in [6, 6.07) is 9.83. The molecule has 0 aromatic heterocycles. The van der Waals surface area contributed by atoms with E-state index >= 15 is 0 Å². The van der Waals surface area contributed by atoms with Crippen LogP contribution in [0.25, 0.3) is 0 Å². The quantitative estimate of drug-likeness (QED) is 0.902. The lowest BCUT2D eigenvalue weighted by atomic mass is 9.98. The second kappa shape index (κ2) is 6.71. The van der Waals surface area contributed by atoms with Crippen molar-refractivity contribution in [1.82, 2.24) is 10.2 Å². The Labute approximate surface area is 116 Å². The van der Waals surface area contributed by atoms with Crippen molar-refractivity contribution >= 4 is 5.91 Å². The minimum atomic E-state index is 0.0258. The van der Waals surface area contributed by atoms with E-state index in [-0.39, 0.29) is 5.91 Å². The molecule has 0 bridgehead atoms. The average Bonchev–Trinajstić information content (AvgIpc) is 2.46. The molecule has 1 aliphatic rings. The molecule has 0 saturated carbocycles. The molecule has 0 spiro atoms. The Balaban J connectivity index is 1.77. The van der Waals surface area contributed by atoms with Crippen LogP contribution in [0.15, 0.2) is 30.3 Å². The summed E-state index contributed by atoms with van der Waals surface area (Å²) in [5.74, 6) is 0.875. The Bertz CT molecular complexity index is 396. The zero-order valence-corrected chi connectivity index (χ0v) is 11.9. The maximum atomic E-state index is 12.0. The van der Waals surface area contributed by atoms with Crippen LogP contribution in [-0.4, -0.2) is 36.5 Å². The van der Waals surface area contributed by atoms with Gasteiger partial charge < -0.3 is 5.32 Å². The van der Waals surface area contributed by atoms with Crippen molar-refractivity contribution in [3.8, 4) is 0 Å². The van der Waals surface area contributed by atoms with Gasteiger partial charge in [-0.25, -0.2) is 0 Å². The smallest absolute Gasteiger partial charge is 0.251 e. The third-order valence-electron chi connectivity index (χ3n) is 4.04. The van der Waals surface area contributed by atoms with Gasteiger partial charge in [0.2, 0.25) is 0 Å². The van der Waals surface area contributed by atoms with Crippen LogP contribution in [0.5, 0.6) is 0 Å². The summed E-state index contributed by atoms with van der Waals surface area (Å²) in [6.45, 7) is 7.55. The lowest BCUT2D eigenvalue weighted by Crippen LogP contribution is -2.45. The first-order valence-corrected chi connectivity index (χ1v) is 7.24. The Morgan fingerprint density at radius 2 is 1.95 bits per heavy atom. The van der Waals surface area contributed by atoms with E-state index in [1.54, 1.807) is 0 Å². The average molecular weight is 260 g/mol. The molecule has 104 valence electrons. The molecular weight excluding hydrogens is 236 g/mol. The summed E-state index contributed by atoms with van der Waals surface area (Å²) in [5, 5.41) is 3.03. The monoisotopic (exact) mass is 260 g/mol. The summed E-state index contributed by atoms with van der Waals surface area (Å²) in [7, 11) is 0. The number of benzene rings is 1. The van der Waals surface area contributed by atoms with Crippen molar-refractivity contribution < 1.29 is 4.79 Å². The molecule has 1 amide bonds. The predicted octanol–water partition coefficient (Wildman–Crippen LogP) is 2.54. The Kier molecular flexibility index (Phi) is 4.97. The number of nitrogens with zero attached hydrogens (tertiary/aromatic N) is 1. The lowest BCUT2D eigenvalue weighted by Gasteiger charge is -2.35. The van der Waals surface area contributed by atoms with Gasteiger partial charge in [-0.2, -0.15) is 0 Å². The number of rotatable bonds is 4. The fraction of sp³-hybridized carbons (Fsp3) is 0.562. The van der Waals surface area contributed by atoms with Gasteiger partial charge in [0.25, 0.3) is 5.91 Å². The van der Waals surface area contributed by atoms with Crippen molar-refractivity contribution in [1.29, 1.82) is 0 Å². The maximum absolute atomic E-state index is 12.0. The van der Waals surface area contributed by atoms with Crippen molar-refractivity contribution in [2.75, 3.05) is 19.6 Å². The molecule has 1 fully saturated rings. The molecule has 1 aromatic rings. The highest BCUT2D eigenvalue weighted by Crippen LogP contribution is 2.17. The van der Waals surface area contributed by atoms with Crippen LogP contribution in [0.1, 0.15) is 37.0 Å². The highest BCUT2D eigenvalue weighted by atomic mass is 16.1. The van der Waals surface area contributed by atoms with Crippen LogP contribution in [0.2, 0.25) is 0 Å². The van der Waals surface area contributed by atoms with Crippen molar-refractivity contribution in [3.63, 3.8) is 0 Å². The number of carbonyl (C=O) groups excluding carboxylic acids is 1. The van der Waals surface area contributed by atoms with Crippen LogP contribution in [0.4, 0.5) is 0 Å². The second-order valence-electron chi connectivity index (χ2n) is 5.64. The predicted molar refractivity (Wildman–Crippen MR) is 78.2 cm³/mol. The highest BCUT2D eigenvalue weighted by molar-refractivity contribution is 5.94. The fourth-order valence-electron chi connectivity index (χ4n) is 2.53. The largest absolute Gasteiger partial charge is 0.350 e. The van der Waals surface area contributed by atoms with E-state index in [4.69, 9.17) is 0 Å². The van der Waals surface area contributed by atoms with Crippen LogP contribution < -0.4 is 5.32 Å². The molecule has 1 unspecified atom stereocenters. The third-order valence-corrected chi connectivity index (χ3v) is 4.04. The van der Waals surface area contributed by atoms with Gasteiger partial charge in [-0.1, -0.05) is 25.1 Å². The van der Waals surface area contributed by atoms with Gasteiger partial charge in [-0.05, 0) is 50.9 Å². The third kappa shape index (κ3) is 4.06. The van der Waals surface area contributed by atoms with Crippen molar-refractivity contribution in [3.05, 3.63) is 35.9 Å². The minimum absolute atomic E-state index is 0.0258.